The Hall–Kier alpha value is -1.66. The van der Waals surface area contributed by atoms with Gasteiger partial charge in [-0.1, -0.05) is 24.4 Å². The zero-order valence-electron chi connectivity index (χ0n) is 13.1. The summed E-state index contributed by atoms with van der Waals surface area (Å²) in [6.07, 6.45) is -9.32. The quantitative estimate of drug-likeness (QED) is 0.418. The topological polar surface area (TPSA) is 63.4 Å². The zero-order chi connectivity index (χ0) is 20.3. The number of hydrogen-bond donors (Lipinski definition) is 1. The maximum atomic E-state index is 12.9. The van der Waals surface area contributed by atoms with E-state index in [4.69, 9.17) is 5.73 Å². The molecule has 0 atom stereocenters. The van der Waals surface area contributed by atoms with E-state index in [0.717, 1.165) is 4.31 Å². The molecule has 0 fully saturated rings. The number of thiocarbonyl (C=S) groups is 1. The molecule has 12 heteroatoms. The summed E-state index contributed by atoms with van der Waals surface area (Å²) in [4.78, 5) is -0.182. The fourth-order valence-electron chi connectivity index (χ4n) is 2.06. The van der Waals surface area contributed by atoms with Crippen LogP contribution in [-0.4, -0.2) is 30.8 Å². The second-order valence-corrected chi connectivity index (χ2v) is 7.67. The van der Waals surface area contributed by atoms with E-state index in [1.54, 1.807) is 0 Å². The van der Waals surface area contributed by atoms with Crippen LogP contribution in [0.2, 0.25) is 0 Å². The molecule has 2 N–H and O–H groups in total. The fourth-order valence-corrected chi connectivity index (χ4v) is 3.75. The van der Waals surface area contributed by atoms with Crippen molar-refractivity contribution in [2.75, 3.05) is 13.1 Å². The van der Waals surface area contributed by atoms with Gasteiger partial charge in [0.05, 0.1) is 28.4 Å². The SMILES string of the molecule is C=CCN(CC(N)=S)S(=O)(=O)Cc1ccc(C(F)(F)F)c(C(F)(F)F)c1. The van der Waals surface area contributed by atoms with E-state index in [2.05, 4.69) is 18.8 Å². The lowest BCUT2D eigenvalue weighted by molar-refractivity contribution is -0.162. The summed E-state index contributed by atoms with van der Waals surface area (Å²) in [5, 5.41) is 0. The van der Waals surface area contributed by atoms with Crippen LogP contribution in [0.15, 0.2) is 30.9 Å². The van der Waals surface area contributed by atoms with Crippen LogP contribution in [0.3, 0.4) is 0 Å². The molecule has 146 valence electrons. The molecule has 0 unspecified atom stereocenters. The maximum absolute atomic E-state index is 12.9. The molecule has 0 saturated carbocycles. The van der Waals surface area contributed by atoms with Crippen LogP contribution in [-0.2, 0) is 28.1 Å². The van der Waals surface area contributed by atoms with Crippen LogP contribution >= 0.6 is 12.2 Å². The van der Waals surface area contributed by atoms with Gasteiger partial charge in [-0.15, -0.1) is 6.58 Å². The van der Waals surface area contributed by atoms with Gasteiger partial charge in [0.1, 0.15) is 0 Å². The molecule has 0 saturated heterocycles. The summed E-state index contributed by atoms with van der Waals surface area (Å²) in [6.45, 7) is 2.76. The number of hydrogen-bond acceptors (Lipinski definition) is 3. The number of alkyl halides is 6. The first-order valence-corrected chi connectivity index (χ1v) is 8.84. The highest BCUT2D eigenvalue weighted by Crippen LogP contribution is 2.40. The molecule has 0 aliphatic rings. The summed E-state index contributed by atoms with van der Waals surface area (Å²) in [7, 11) is -4.20. The van der Waals surface area contributed by atoms with Crippen molar-refractivity contribution in [2.45, 2.75) is 18.1 Å². The van der Waals surface area contributed by atoms with Crippen molar-refractivity contribution < 1.29 is 34.8 Å². The minimum atomic E-state index is -5.30. The first kappa shape index (κ1) is 22.4. The highest BCUT2D eigenvalue weighted by atomic mass is 32.2. The molecule has 0 bridgehead atoms. The van der Waals surface area contributed by atoms with E-state index in [1.165, 1.54) is 6.08 Å². The van der Waals surface area contributed by atoms with Gasteiger partial charge in [-0.3, -0.25) is 0 Å². The Morgan fingerprint density at radius 3 is 2.12 bits per heavy atom. The van der Waals surface area contributed by atoms with Crippen molar-refractivity contribution in [2.24, 2.45) is 5.73 Å². The van der Waals surface area contributed by atoms with Gasteiger partial charge in [0.25, 0.3) is 0 Å². The number of benzene rings is 1. The van der Waals surface area contributed by atoms with Gasteiger partial charge < -0.3 is 5.73 Å². The van der Waals surface area contributed by atoms with E-state index in [9.17, 15) is 34.8 Å². The molecule has 1 rings (SSSR count). The Kier molecular flexibility index (Phi) is 6.82. The molecule has 26 heavy (non-hydrogen) atoms. The predicted octanol–water partition coefficient (Wildman–Crippen LogP) is 3.33. The van der Waals surface area contributed by atoms with E-state index in [0.29, 0.717) is 6.07 Å². The first-order chi connectivity index (χ1) is 11.7. The molecule has 1 aromatic carbocycles. The van der Waals surface area contributed by atoms with Gasteiger partial charge in [0, 0.05) is 6.54 Å². The summed E-state index contributed by atoms with van der Waals surface area (Å²) in [5.41, 5.74) is 0.976. The lowest BCUT2D eigenvalue weighted by Gasteiger charge is -2.21. The molecular weight excluding hydrogens is 406 g/mol. The molecular formula is C14H14F6N2O2S2. The molecule has 0 radical (unpaired) electrons. The summed E-state index contributed by atoms with van der Waals surface area (Å²) >= 11 is 4.61. The number of nitrogens with two attached hydrogens (primary N) is 1. The summed E-state index contributed by atoms with van der Waals surface area (Å²) in [6, 6.07) is 1.06. The van der Waals surface area contributed by atoms with Crippen molar-refractivity contribution >= 4 is 27.2 Å². The smallest absolute Gasteiger partial charge is 0.392 e. The lowest BCUT2D eigenvalue weighted by atomic mass is 10.0. The Balaban J connectivity index is 3.32. The van der Waals surface area contributed by atoms with Crippen LogP contribution in [0.25, 0.3) is 0 Å². The lowest BCUT2D eigenvalue weighted by Crippen LogP contribution is -2.38. The molecule has 0 spiro atoms. The molecule has 0 aromatic heterocycles. The van der Waals surface area contributed by atoms with Crippen molar-refractivity contribution in [3.63, 3.8) is 0 Å². The molecule has 0 amide bonds. The van der Waals surface area contributed by atoms with Gasteiger partial charge in [-0.2, -0.15) is 30.6 Å². The largest absolute Gasteiger partial charge is 0.417 e. The van der Waals surface area contributed by atoms with Crippen molar-refractivity contribution in [3.8, 4) is 0 Å². The third-order valence-electron chi connectivity index (χ3n) is 3.10. The van der Waals surface area contributed by atoms with E-state index in [-0.39, 0.29) is 30.2 Å². The second kappa shape index (κ2) is 7.92. The van der Waals surface area contributed by atoms with Crippen LogP contribution in [0.1, 0.15) is 16.7 Å². The van der Waals surface area contributed by atoms with Gasteiger partial charge >= 0.3 is 12.4 Å². The molecule has 1 aromatic rings. The maximum Gasteiger partial charge on any atom is 0.417 e. The molecule has 0 aliphatic heterocycles. The standard InChI is InChI=1S/C14H14F6N2O2S2/c1-2-5-22(7-12(21)25)26(23,24)8-9-3-4-10(13(15,16)17)11(6-9)14(18,19)20/h2-4,6H,1,5,7-8H2,(H2,21,25). The highest BCUT2D eigenvalue weighted by molar-refractivity contribution is 7.88. The number of sulfonamides is 1. The first-order valence-electron chi connectivity index (χ1n) is 6.83. The Labute approximate surface area is 151 Å². The summed E-state index contributed by atoms with van der Waals surface area (Å²) in [5.74, 6) is -0.954. The fraction of sp³-hybridized carbons (Fsp3) is 0.357. The second-order valence-electron chi connectivity index (χ2n) is 5.18. The van der Waals surface area contributed by atoms with E-state index < -0.39 is 44.8 Å². The Morgan fingerprint density at radius 2 is 1.69 bits per heavy atom. The van der Waals surface area contributed by atoms with Crippen molar-refractivity contribution in [1.29, 1.82) is 0 Å². The average molecular weight is 420 g/mol. The van der Waals surface area contributed by atoms with Crippen molar-refractivity contribution in [3.05, 3.63) is 47.5 Å². The number of rotatable bonds is 7. The minimum absolute atomic E-state index is 0.174. The van der Waals surface area contributed by atoms with Crippen LogP contribution in [0.5, 0.6) is 0 Å². The Bertz CT molecular complexity index is 788. The third-order valence-corrected chi connectivity index (χ3v) is 4.99. The molecule has 0 heterocycles. The third kappa shape index (κ3) is 5.95. The monoisotopic (exact) mass is 420 g/mol. The van der Waals surface area contributed by atoms with Gasteiger partial charge in [0.2, 0.25) is 10.0 Å². The molecule has 0 aliphatic carbocycles. The van der Waals surface area contributed by atoms with Crippen LogP contribution in [0.4, 0.5) is 26.3 Å². The Morgan fingerprint density at radius 1 is 1.15 bits per heavy atom. The van der Waals surface area contributed by atoms with Crippen LogP contribution < -0.4 is 5.73 Å². The van der Waals surface area contributed by atoms with Crippen molar-refractivity contribution in [1.82, 2.24) is 4.31 Å². The summed E-state index contributed by atoms with van der Waals surface area (Å²) < 4.78 is 102. The van der Waals surface area contributed by atoms with Gasteiger partial charge in [-0.25, -0.2) is 8.42 Å². The normalized spacial score (nSPS) is 13.0. The number of nitrogens with zero attached hydrogens (tertiary/aromatic N) is 1. The zero-order valence-corrected chi connectivity index (χ0v) is 14.7. The highest BCUT2D eigenvalue weighted by Gasteiger charge is 2.43. The van der Waals surface area contributed by atoms with Gasteiger partial charge in [0.15, 0.2) is 0 Å². The number of halogens is 6. The average Bonchev–Trinajstić information content (AvgIpc) is 2.43. The van der Waals surface area contributed by atoms with E-state index in [1.807, 2.05) is 0 Å². The van der Waals surface area contributed by atoms with Gasteiger partial charge in [-0.05, 0) is 17.7 Å². The predicted molar refractivity (Wildman–Crippen MR) is 87.6 cm³/mol. The van der Waals surface area contributed by atoms with E-state index >= 15 is 0 Å². The minimum Gasteiger partial charge on any atom is -0.392 e. The van der Waals surface area contributed by atoms with Crippen LogP contribution in [0, 0.1) is 0 Å². The molecule has 4 nitrogen and oxygen atoms in total.